The number of nitrogens with one attached hydrogen (secondary N) is 1. The zero-order chi connectivity index (χ0) is 28.5. The van der Waals surface area contributed by atoms with Gasteiger partial charge in [-0.2, -0.15) is 5.26 Å². The molecule has 0 aromatic heterocycles. The van der Waals surface area contributed by atoms with E-state index in [0.29, 0.717) is 43.4 Å². The first-order chi connectivity index (χ1) is 18.0. The van der Waals surface area contributed by atoms with Crippen LogP contribution in [0.25, 0.3) is 0 Å². The van der Waals surface area contributed by atoms with Crippen LogP contribution in [0, 0.1) is 11.3 Å². The molecule has 1 heterocycles. The van der Waals surface area contributed by atoms with Crippen LogP contribution in [0.2, 0.25) is 0 Å². The molecule has 1 atom stereocenters. The summed E-state index contributed by atoms with van der Waals surface area (Å²) in [6, 6.07) is 8.80. The Hall–Kier alpha value is -3.60. The number of carbonyl (C=O) groups excluding carboxylic acids is 3. The smallest absolute Gasteiger partial charge is 0.272 e. The van der Waals surface area contributed by atoms with E-state index in [2.05, 4.69) is 10.3 Å². The lowest BCUT2D eigenvalue weighted by Gasteiger charge is -2.33. The van der Waals surface area contributed by atoms with E-state index < -0.39 is 27.6 Å². The molecule has 3 rings (SSSR count). The molecule has 13 heteroatoms. The minimum absolute atomic E-state index is 0. The second-order valence-electron chi connectivity index (χ2n) is 9.18. The maximum absolute atomic E-state index is 12.8. The summed E-state index contributed by atoms with van der Waals surface area (Å²) in [5, 5.41) is 11.5. The Labute approximate surface area is 228 Å². The van der Waals surface area contributed by atoms with Crippen LogP contribution in [-0.4, -0.2) is 87.5 Å². The Morgan fingerprint density at radius 2 is 1.95 bits per heavy atom. The van der Waals surface area contributed by atoms with Gasteiger partial charge in [-0.15, -0.1) is 0 Å². The minimum Gasteiger partial charge on any atom is -0.772 e. The molecule has 0 radical (unpaired) electrons. The topological polar surface area (TPSA) is 198 Å². The van der Waals surface area contributed by atoms with E-state index in [9.17, 15) is 23.1 Å². The van der Waals surface area contributed by atoms with Gasteiger partial charge in [-0.25, -0.2) is 0 Å². The molecule has 5 N–H and O–H groups in total. The SMILES string of the molecule is CN(C)C(=O)CCN.CN=C1C(=O)N(CC2(S(=O)[O-])CC2)CC/C1=C(/N)C(=O)NCc1ccc(C#N)cc1.[HH].[HH]. The summed E-state index contributed by atoms with van der Waals surface area (Å²) >= 11 is -2.25. The molecular formula is C25H38N7O5S-. The summed E-state index contributed by atoms with van der Waals surface area (Å²) in [7, 11) is 4.88. The third-order valence-electron chi connectivity index (χ3n) is 6.23. The number of aliphatic imine (C=N–C) groups is 1. The van der Waals surface area contributed by atoms with Gasteiger partial charge in [0.15, 0.2) is 0 Å². The number of nitriles is 1. The Morgan fingerprint density at radius 3 is 2.39 bits per heavy atom. The van der Waals surface area contributed by atoms with E-state index in [0.717, 1.165) is 5.56 Å². The minimum atomic E-state index is -2.25. The number of piperidine rings is 1. The average molecular weight is 549 g/mol. The van der Waals surface area contributed by atoms with E-state index in [1.165, 1.54) is 16.8 Å². The second-order valence-corrected chi connectivity index (χ2v) is 10.5. The lowest BCUT2D eigenvalue weighted by Crippen LogP contribution is -2.49. The van der Waals surface area contributed by atoms with Crippen molar-refractivity contribution in [2.24, 2.45) is 16.5 Å². The molecule has 2 fully saturated rings. The summed E-state index contributed by atoms with van der Waals surface area (Å²) in [5.74, 6) is -0.845. The van der Waals surface area contributed by atoms with Crippen molar-refractivity contribution in [3.05, 3.63) is 46.7 Å². The zero-order valence-corrected chi connectivity index (χ0v) is 22.7. The highest BCUT2D eigenvalue weighted by atomic mass is 32.2. The number of nitrogens with two attached hydrogens (primary N) is 2. The van der Waals surface area contributed by atoms with E-state index >= 15 is 0 Å². The highest BCUT2D eigenvalue weighted by Crippen LogP contribution is 2.42. The van der Waals surface area contributed by atoms with Gasteiger partial charge >= 0.3 is 0 Å². The second kappa shape index (κ2) is 13.8. The molecule has 12 nitrogen and oxygen atoms in total. The molecule has 1 aliphatic heterocycles. The van der Waals surface area contributed by atoms with Gasteiger partial charge in [0.1, 0.15) is 11.4 Å². The summed E-state index contributed by atoms with van der Waals surface area (Å²) in [4.78, 5) is 42.9. The molecule has 1 aromatic carbocycles. The predicted octanol–water partition coefficient (Wildman–Crippen LogP) is 0.0175. The summed E-state index contributed by atoms with van der Waals surface area (Å²) in [5.41, 5.74) is 12.9. The zero-order valence-electron chi connectivity index (χ0n) is 21.9. The van der Waals surface area contributed by atoms with Crippen LogP contribution in [0.15, 0.2) is 40.5 Å². The highest BCUT2D eigenvalue weighted by molar-refractivity contribution is 7.81. The Morgan fingerprint density at radius 1 is 1.32 bits per heavy atom. The number of nitrogens with zero attached hydrogens (tertiary/aromatic N) is 4. The van der Waals surface area contributed by atoms with E-state index in [1.807, 2.05) is 6.07 Å². The molecule has 0 bridgehead atoms. The summed E-state index contributed by atoms with van der Waals surface area (Å²) in [6.07, 6.45) is 1.84. The fourth-order valence-corrected chi connectivity index (χ4v) is 4.41. The molecule has 1 unspecified atom stereocenters. The fourth-order valence-electron chi connectivity index (χ4n) is 3.71. The van der Waals surface area contributed by atoms with Crippen LogP contribution in [0.3, 0.4) is 0 Å². The summed E-state index contributed by atoms with van der Waals surface area (Å²) in [6.45, 7) is 1.06. The highest BCUT2D eigenvalue weighted by Gasteiger charge is 2.47. The number of rotatable bonds is 8. The molecule has 0 spiro atoms. The van der Waals surface area contributed by atoms with Crippen molar-refractivity contribution in [2.75, 3.05) is 40.8 Å². The lowest BCUT2D eigenvalue weighted by atomic mass is 9.97. The number of hydrogen-bond acceptors (Lipinski definition) is 9. The van der Waals surface area contributed by atoms with Crippen LogP contribution in [0.4, 0.5) is 0 Å². The van der Waals surface area contributed by atoms with E-state index in [-0.39, 0.29) is 39.8 Å². The van der Waals surface area contributed by atoms with Crippen molar-refractivity contribution in [3.63, 3.8) is 0 Å². The van der Waals surface area contributed by atoms with Crippen molar-refractivity contribution in [1.29, 1.82) is 5.26 Å². The molecule has 38 heavy (non-hydrogen) atoms. The van der Waals surface area contributed by atoms with Crippen molar-refractivity contribution >= 4 is 34.5 Å². The van der Waals surface area contributed by atoms with Crippen molar-refractivity contribution < 1.29 is 26.0 Å². The largest absolute Gasteiger partial charge is 0.772 e. The third-order valence-corrected chi connectivity index (χ3v) is 7.48. The average Bonchev–Trinajstić information content (AvgIpc) is 3.69. The van der Waals surface area contributed by atoms with Crippen molar-refractivity contribution in [2.45, 2.75) is 37.0 Å². The molecule has 1 aromatic rings. The van der Waals surface area contributed by atoms with Gasteiger partial charge < -0.3 is 31.1 Å². The molecule has 1 saturated heterocycles. The van der Waals surface area contributed by atoms with Gasteiger partial charge in [-0.1, -0.05) is 12.1 Å². The number of carbonyl (C=O) groups is 3. The van der Waals surface area contributed by atoms with E-state index in [1.54, 1.807) is 38.4 Å². The maximum atomic E-state index is 12.8. The van der Waals surface area contributed by atoms with Crippen LogP contribution < -0.4 is 16.8 Å². The van der Waals surface area contributed by atoms with Crippen LogP contribution in [-0.2, 0) is 32.0 Å². The standard InChI is InChI=1S/C20H23N5O4S.C5H12N2O.2H2/c1-23-17-15(6-9-25(19(17)27)12-20(7-8-20)30(28)29)16(22)18(26)24-11-14-4-2-13(10-21)3-5-14;1-7(2)5(8)3-4-6;;/h2-5H,6-9,11-12,22H2,1H3,(H,24,26)(H,28,29);3-4,6H2,1-2H3;2*1H/p-1/b16-15-,23-17?;;;. The Balaban J connectivity index is 0.00000133. The molecule has 2 aliphatic rings. The first-order valence-electron chi connectivity index (χ1n) is 12.0. The number of benzene rings is 1. The van der Waals surface area contributed by atoms with Crippen LogP contribution in [0.5, 0.6) is 0 Å². The normalized spacial score (nSPS) is 19.0. The maximum Gasteiger partial charge on any atom is 0.272 e. The first kappa shape index (κ1) is 30.6. The molecule has 3 amide bonds. The monoisotopic (exact) mass is 548 g/mol. The van der Waals surface area contributed by atoms with Crippen molar-refractivity contribution in [3.8, 4) is 6.07 Å². The van der Waals surface area contributed by atoms with Gasteiger partial charge in [0, 0.05) is 62.2 Å². The van der Waals surface area contributed by atoms with Gasteiger partial charge in [0.05, 0.1) is 16.4 Å². The summed E-state index contributed by atoms with van der Waals surface area (Å²) < 4.78 is 22.0. The fraction of sp³-hybridized carbons (Fsp3) is 0.480. The number of amides is 3. The van der Waals surface area contributed by atoms with Crippen LogP contribution >= 0.6 is 0 Å². The van der Waals surface area contributed by atoms with Gasteiger partial charge in [-0.3, -0.25) is 23.6 Å². The Kier molecular flexibility index (Phi) is 11.1. The van der Waals surface area contributed by atoms with Gasteiger partial charge in [0.25, 0.3) is 11.8 Å². The third kappa shape index (κ3) is 7.95. The van der Waals surface area contributed by atoms with Crippen molar-refractivity contribution in [1.82, 2.24) is 15.1 Å². The predicted molar refractivity (Wildman–Crippen MR) is 146 cm³/mol. The quantitative estimate of drug-likeness (QED) is 0.298. The van der Waals surface area contributed by atoms with Gasteiger partial charge in [-0.05, 0) is 48.0 Å². The molecule has 210 valence electrons. The lowest BCUT2D eigenvalue weighted by molar-refractivity contribution is -0.128. The van der Waals surface area contributed by atoms with Crippen LogP contribution in [0.1, 0.15) is 39.7 Å². The Bertz CT molecular complexity index is 1180. The van der Waals surface area contributed by atoms with Gasteiger partial charge in [0.2, 0.25) is 5.91 Å². The molecule has 1 aliphatic carbocycles. The molecular weight excluding hydrogens is 510 g/mol. The number of hydrogen-bond donors (Lipinski definition) is 3. The number of likely N-dealkylation sites (tertiary alicyclic amines) is 1. The first-order valence-corrected chi connectivity index (χ1v) is 13.1. The molecule has 1 saturated carbocycles. The van der Waals surface area contributed by atoms with E-state index in [4.69, 9.17) is 16.7 Å².